The Labute approximate surface area is 106 Å². The van der Waals surface area contributed by atoms with E-state index in [2.05, 4.69) is 17.2 Å². The third-order valence-corrected chi connectivity index (χ3v) is 3.53. The van der Waals surface area contributed by atoms with Gasteiger partial charge in [0.2, 0.25) is 0 Å². The van der Waals surface area contributed by atoms with Crippen LogP contribution in [0.25, 0.3) is 0 Å². The van der Waals surface area contributed by atoms with Crippen LogP contribution in [-0.4, -0.2) is 22.1 Å². The van der Waals surface area contributed by atoms with E-state index in [-0.39, 0.29) is 11.3 Å². The maximum Gasteiger partial charge on any atom is 0.337 e. The van der Waals surface area contributed by atoms with Crippen LogP contribution in [0.15, 0.2) is 12.3 Å². The Bertz CT molecular complexity index is 440. The number of aromatic nitrogens is 1. The first-order valence-electron chi connectivity index (χ1n) is 6.31. The highest BCUT2D eigenvalue weighted by Crippen LogP contribution is 2.26. The molecule has 0 aliphatic heterocycles. The summed E-state index contributed by atoms with van der Waals surface area (Å²) >= 11 is 0. The minimum Gasteiger partial charge on any atom is -0.478 e. The van der Waals surface area contributed by atoms with Crippen molar-refractivity contribution in [3.63, 3.8) is 0 Å². The second kappa shape index (κ2) is 5.25. The predicted molar refractivity (Wildman–Crippen MR) is 70.7 cm³/mol. The Morgan fingerprint density at radius 1 is 1.44 bits per heavy atom. The SMILES string of the molecule is CC1CCC(Nc2cc(C(=O)O)c(N)cn2)CC1. The van der Waals surface area contributed by atoms with E-state index in [0.29, 0.717) is 11.9 Å². The molecule has 0 spiro atoms. The van der Waals surface area contributed by atoms with Crippen molar-refractivity contribution in [3.8, 4) is 0 Å². The largest absolute Gasteiger partial charge is 0.478 e. The molecule has 0 amide bonds. The number of hydrogen-bond donors (Lipinski definition) is 3. The number of nitrogens with zero attached hydrogens (tertiary/aromatic N) is 1. The van der Waals surface area contributed by atoms with Gasteiger partial charge in [0.25, 0.3) is 0 Å². The van der Waals surface area contributed by atoms with Crippen molar-refractivity contribution in [2.45, 2.75) is 38.6 Å². The van der Waals surface area contributed by atoms with Crippen LogP contribution in [0.3, 0.4) is 0 Å². The zero-order chi connectivity index (χ0) is 13.1. The average Bonchev–Trinajstić information content (AvgIpc) is 2.34. The van der Waals surface area contributed by atoms with E-state index in [1.54, 1.807) is 0 Å². The summed E-state index contributed by atoms with van der Waals surface area (Å²) in [4.78, 5) is 15.1. The standard InChI is InChI=1S/C13H19N3O2/c1-8-2-4-9(5-3-8)16-12-6-10(13(17)18)11(14)7-15-12/h6-9H,2-5,14H2,1H3,(H,15,16)(H,17,18). The van der Waals surface area contributed by atoms with Gasteiger partial charge in [0, 0.05) is 6.04 Å². The fourth-order valence-electron chi connectivity index (χ4n) is 2.34. The van der Waals surface area contributed by atoms with Crippen molar-refractivity contribution in [2.24, 2.45) is 5.92 Å². The minimum atomic E-state index is -1.02. The number of pyridine rings is 1. The highest BCUT2D eigenvalue weighted by molar-refractivity contribution is 5.94. The Hall–Kier alpha value is -1.78. The first kappa shape index (κ1) is 12.7. The van der Waals surface area contributed by atoms with Crippen molar-refractivity contribution < 1.29 is 9.90 Å². The lowest BCUT2D eigenvalue weighted by atomic mass is 9.87. The number of nitrogen functional groups attached to an aromatic ring is 1. The molecule has 0 saturated heterocycles. The Morgan fingerprint density at radius 3 is 2.72 bits per heavy atom. The van der Waals surface area contributed by atoms with E-state index in [0.717, 1.165) is 18.8 Å². The van der Waals surface area contributed by atoms with E-state index in [4.69, 9.17) is 10.8 Å². The quantitative estimate of drug-likeness (QED) is 0.765. The second-order valence-corrected chi connectivity index (χ2v) is 5.06. The van der Waals surface area contributed by atoms with Crippen molar-refractivity contribution in [2.75, 3.05) is 11.1 Å². The molecule has 0 bridgehead atoms. The van der Waals surface area contributed by atoms with Crippen molar-refractivity contribution in [1.82, 2.24) is 4.98 Å². The summed E-state index contributed by atoms with van der Waals surface area (Å²) in [6, 6.07) is 1.90. The molecule has 98 valence electrons. The van der Waals surface area contributed by atoms with Gasteiger partial charge >= 0.3 is 5.97 Å². The number of aromatic carboxylic acids is 1. The van der Waals surface area contributed by atoms with Crippen molar-refractivity contribution in [1.29, 1.82) is 0 Å². The number of hydrogen-bond acceptors (Lipinski definition) is 4. The normalized spacial score (nSPS) is 23.6. The molecule has 0 atom stereocenters. The molecule has 4 N–H and O–H groups in total. The average molecular weight is 249 g/mol. The number of carbonyl (C=O) groups is 1. The molecule has 1 aliphatic carbocycles. The molecule has 0 radical (unpaired) electrons. The molecule has 5 heteroatoms. The highest BCUT2D eigenvalue weighted by Gasteiger charge is 2.19. The van der Waals surface area contributed by atoms with Crippen LogP contribution >= 0.6 is 0 Å². The summed E-state index contributed by atoms with van der Waals surface area (Å²) in [5.74, 6) is 0.369. The van der Waals surface area contributed by atoms with E-state index in [1.807, 2.05) is 0 Å². The van der Waals surface area contributed by atoms with Crippen LogP contribution in [0, 0.1) is 5.92 Å². The third kappa shape index (κ3) is 2.91. The molecule has 0 unspecified atom stereocenters. The summed E-state index contributed by atoms with van der Waals surface area (Å²) in [5.41, 5.74) is 5.88. The first-order valence-corrected chi connectivity index (χ1v) is 6.31. The fourth-order valence-corrected chi connectivity index (χ4v) is 2.34. The van der Waals surface area contributed by atoms with E-state index < -0.39 is 5.97 Å². The minimum absolute atomic E-state index is 0.108. The Morgan fingerprint density at radius 2 is 2.11 bits per heavy atom. The Balaban J connectivity index is 2.05. The highest BCUT2D eigenvalue weighted by atomic mass is 16.4. The Kier molecular flexibility index (Phi) is 3.69. The second-order valence-electron chi connectivity index (χ2n) is 5.06. The lowest BCUT2D eigenvalue weighted by Gasteiger charge is -2.27. The number of rotatable bonds is 3. The van der Waals surface area contributed by atoms with Gasteiger partial charge in [0.1, 0.15) is 5.82 Å². The van der Waals surface area contributed by atoms with Crippen LogP contribution in [0.2, 0.25) is 0 Å². The smallest absolute Gasteiger partial charge is 0.337 e. The zero-order valence-electron chi connectivity index (χ0n) is 10.5. The molecule has 1 saturated carbocycles. The molecule has 1 aromatic rings. The van der Waals surface area contributed by atoms with Gasteiger partial charge in [-0.2, -0.15) is 0 Å². The van der Waals surface area contributed by atoms with Crippen LogP contribution in [-0.2, 0) is 0 Å². The van der Waals surface area contributed by atoms with Crippen molar-refractivity contribution >= 4 is 17.5 Å². The van der Waals surface area contributed by atoms with Gasteiger partial charge in [-0.05, 0) is 37.7 Å². The molecule has 1 fully saturated rings. The number of nitrogens with two attached hydrogens (primary N) is 1. The maximum absolute atomic E-state index is 11.0. The first-order chi connectivity index (χ1) is 8.56. The van der Waals surface area contributed by atoms with Gasteiger partial charge in [0.15, 0.2) is 0 Å². The van der Waals surface area contributed by atoms with Gasteiger partial charge in [-0.1, -0.05) is 6.92 Å². The summed E-state index contributed by atoms with van der Waals surface area (Å²) in [6.07, 6.45) is 6.03. The summed E-state index contributed by atoms with van der Waals surface area (Å²) < 4.78 is 0. The van der Waals surface area contributed by atoms with Crippen molar-refractivity contribution in [3.05, 3.63) is 17.8 Å². The van der Waals surface area contributed by atoms with Crippen LogP contribution in [0.1, 0.15) is 43.0 Å². The predicted octanol–water partition coefficient (Wildman–Crippen LogP) is 2.35. The van der Waals surface area contributed by atoms with Gasteiger partial charge in [-0.3, -0.25) is 0 Å². The van der Waals surface area contributed by atoms with Gasteiger partial charge in [-0.15, -0.1) is 0 Å². The number of carboxylic acids is 1. The molecule has 0 aromatic carbocycles. The third-order valence-electron chi connectivity index (χ3n) is 3.53. The lowest BCUT2D eigenvalue weighted by Crippen LogP contribution is -2.25. The van der Waals surface area contributed by atoms with E-state index >= 15 is 0 Å². The maximum atomic E-state index is 11.0. The topological polar surface area (TPSA) is 88.2 Å². The van der Waals surface area contributed by atoms with Crippen LogP contribution < -0.4 is 11.1 Å². The molecule has 5 nitrogen and oxygen atoms in total. The molecule has 1 heterocycles. The number of anilines is 2. The van der Waals surface area contributed by atoms with Gasteiger partial charge < -0.3 is 16.2 Å². The summed E-state index contributed by atoms with van der Waals surface area (Å²) in [5, 5.41) is 12.3. The van der Waals surface area contributed by atoms with Gasteiger partial charge in [-0.25, -0.2) is 9.78 Å². The van der Waals surface area contributed by atoms with Crippen LogP contribution in [0.5, 0.6) is 0 Å². The lowest BCUT2D eigenvalue weighted by molar-refractivity contribution is 0.0698. The molecule has 1 aromatic heterocycles. The van der Waals surface area contributed by atoms with Crippen LogP contribution in [0.4, 0.5) is 11.5 Å². The van der Waals surface area contributed by atoms with E-state index in [1.165, 1.54) is 25.1 Å². The molecular weight excluding hydrogens is 230 g/mol. The molecule has 2 rings (SSSR count). The summed E-state index contributed by atoms with van der Waals surface area (Å²) in [7, 11) is 0. The molecule has 1 aliphatic rings. The molecular formula is C13H19N3O2. The fraction of sp³-hybridized carbons (Fsp3) is 0.538. The van der Waals surface area contributed by atoms with E-state index in [9.17, 15) is 4.79 Å². The number of carboxylic acid groups (broad SMARTS) is 1. The zero-order valence-corrected chi connectivity index (χ0v) is 10.5. The number of nitrogens with one attached hydrogen (secondary N) is 1. The molecule has 18 heavy (non-hydrogen) atoms. The van der Waals surface area contributed by atoms with Gasteiger partial charge in [0.05, 0.1) is 17.4 Å². The monoisotopic (exact) mass is 249 g/mol. The summed E-state index contributed by atoms with van der Waals surface area (Å²) in [6.45, 7) is 2.26.